The van der Waals surface area contributed by atoms with Gasteiger partial charge >= 0.3 is 6.03 Å². The topological polar surface area (TPSA) is 73.5 Å². The maximum Gasteiger partial charge on any atom is 0.318 e. The minimum Gasteiger partial charge on any atom is -0.341 e. The maximum atomic E-state index is 12.6. The summed E-state index contributed by atoms with van der Waals surface area (Å²) < 4.78 is 0. The van der Waals surface area contributed by atoms with Crippen LogP contribution in [0.15, 0.2) is 42.5 Å². The summed E-state index contributed by atoms with van der Waals surface area (Å²) in [6.07, 6.45) is 4.00. The van der Waals surface area contributed by atoms with Crippen molar-refractivity contribution in [2.24, 2.45) is 11.8 Å². The molecule has 2 aromatic rings. The van der Waals surface area contributed by atoms with Crippen LogP contribution in [0.5, 0.6) is 0 Å². The summed E-state index contributed by atoms with van der Waals surface area (Å²) >= 11 is 0. The SMILES string of the molecule is CNCC1CCC(C(=O)NCN(Cc2ccc3ccccc3c2)C(=O)NC)CC1. The van der Waals surface area contributed by atoms with Crippen LogP contribution in [-0.4, -0.2) is 44.1 Å². The average Bonchev–Trinajstić information content (AvgIpc) is 2.76. The van der Waals surface area contributed by atoms with Crippen molar-refractivity contribution in [3.8, 4) is 0 Å². The molecule has 1 saturated carbocycles. The standard InChI is InChI=1S/C23H32N4O2/c1-24-14-17-7-11-20(12-8-17)22(28)26-16-27(23(29)25-2)15-18-9-10-19-5-3-4-6-21(19)13-18/h3-6,9-10,13,17,20,24H,7-8,11-12,14-16H2,1-2H3,(H,25,29)(H,26,28). The fraction of sp³-hybridized carbons (Fsp3) is 0.478. The highest BCUT2D eigenvalue weighted by Gasteiger charge is 2.26. The van der Waals surface area contributed by atoms with Crippen molar-refractivity contribution >= 4 is 22.7 Å². The molecule has 6 nitrogen and oxygen atoms in total. The summed E-state index contributed by atoms with van der Waals surface area (Å²) in [4.78, 5) is 26.6. The summed E-state index contributed by atoms with van der Waals surface area (Å²) in [7, 11) is 3.59. The van der Waals surface area contributed by atoms with Crippen molar-refractivity contribution in [1.29, 1.82) is 0 Å². The lowest BCUT2D eigenvalue weighted by Gasteiger charge is -2.29. The van der Waals surface area contributed by atoms with Crippen LogP contribution < -0.4 is 16.0 Å². The molecule has 0 unspecified atom stereocenters. The lowest BCUT2D eigenvalue weighted by Crippen LogP contribution is -2.46. The molecule has 0 spiro atoms. The van der Waals surface area contributed by atoms with Gasteiger partial charge in [-0.1, -0.05) is 36.4 Å². The van der Waals surface area contributed by atoms with Crippen LogP contribution in [0, 0.1) is 11.8 Å². The van der Waals surface area contributed by atoms with E-state index in [2.05, 4.69) is 40.2 Å². The van der Waals surface area contributed by atoms with E-state index in [1.165, 1.54) is 5.39 Å². The summed E-state index contributed by atoms with van der Waals surface area (Å²) in [5, 5.41) is 11.2. The number of benzene rings is 2. The van der Waals surface area contributed by atoms with E-state index in [0.717, 1.165) is 43.2 Å². The van der Waals surface area contributed by atoms with Gasteiger partial charge in [0.05, 0.1) is 6.67 Å². The second-order valence-electron chi connectivity index (χ2n) is 7.91. The van der Waals surface area contributed by atoms with E-state index in [0.29, 0.717) is 12.5 Å². The minimum atomic E-state index is -0.198. The molecule has 1 aliphatic carbocycles. The third-order valence-electron chi connectivity index (χ3n) is 5.84. The number of hydrogen-bond acceptors (Lipinski definition) is 3. The molecule has 6 heteroatoms. The quantitative estimate of drug-likeness (QED) is 0.630. The number of nitrogens with one attached hydrogen (secondary N) is 3. The fourth-order valence-corrected chi connectivity index (χ4v) is 4.15. The van der Waals surface area contributed by atoms with Crippen molar-refractivity contribution in [2.45, 2.75) is 32.2 Å². The van der Waals surface area contributed by atoms with Crippen molar-refractivity contribution in [1.82, 2.24) is 20.9 Å². The maximum absolute atomic E-state index is 12.6. The van der Waals surface area contributed by atoms with Gasteiger partial charge in [0.1, 0.15) is 0 Å². The highest BCUT2D eigenvalue weighted by molar-refractivity contribution is 5.83. The van der Waals surface area contributed by atoms with E-state index in [4.69, 9.17) is 0 Å². The van der Waals surface area contributed by atoms with E-state index in [9.17, 15) is 9.59 Å². The molecule has 1 aliphatic rings. The smallest absolute Gasteiger partial charge is 0.318 e. The van der Waals surface area contributed by atoms with Crippen molar-refractivity contribution < 1.29 is 9.59 Å². The van der Waals surface area contributed by atoms with E-state index in [1.807, 2.05) is 25.2 Å². The highest BCUT2D eigenvalue weighted by Crippen LogP contribution is 2.28. The Morgan fingerprint density at radius 3 is 2.41 bits per heavy atom. The molecular formula is C23H32N4O2. The molecule has 0 bridgehead atoms. The minimum absolute atomic E-state index is 0.0512. The molecule has 3 N–H and O–H groups in total. The Morgan fingerprint density at radius 1 is 1.00 bits per heavy atom. The van der Waals surface area contributed by atoms with Gasteiger partial charge in [0.15, 0.2) is 0 Å². The number of hydrogen-bond donors (Lipinski definition) is 3. The van der Waals surface area contributed by atoms with Crippen LogP contribution in [-0.2, 0) is 11.3 Å². The zero-order chi connectivity index (χ0) is 20.6. The molecular weight excluding hydrogens is 364 g/mol. The second-order valence-corrected chi connectivity index (χ2v) is 7.91. The van der Waals surface area contributed by atoms with Gasteiger partial charge in [-0.25, -0.2) is 4.79 Å². The van der Waals surface area contributed by atoms with Gasteiger partial charge in [-0.05, 0) is 67.6 Å². The summed E-state index contributed by atoms with van der Waals surface area (Å²) in [5.74, 6) is 0.773. The largest absolute Gasteiger partial charge is 0.341 e. The number of rotatable bonds is 7. The molecule has 0 aromatic heterocycles. The Bertz CT molecular complexity index is 830. The third-order valence-corrected chi connectivity index (χ3v) is 5.84. The number of amides is 3. The first kappa shape index (κ1) is 21.1. The van der Waals surface area contributed by atoms with Crippen molar-refractivity contribution in [3.05, 3.63) is 48.0 Å². The highest BCUT2D eigenvalue weighted by atomic mass is 16.2. The van der Waals surface area contributed by atoms with Gasteiger partial charge < -0.3 is 20.9 Å². The molecule has 1 fully saturated rings. The lowest BCUT2D eigenvalue weighted by atomic mass is 9.81. The van der Waals surface area contributed by atoms with Gasteiger partial charge in [-0.2, -0.15) is 0 Å². The molecule has 0 atom stereocenters. The number of urea groups is 1. The average molecular weight is 397 g/mol. The van der Waals surface area contributed by atoms with Crippen LogP contribution in [0.4, 0.5) is 4.79 Å². The molecule has 3 amide bonds. The molecule has 0 aliphatic heterocycles. The second kappa shape index (κ2) is 10.3. The summed E-state index contributed by atoms with van der Waals surface area (Å²) in [6.45, 7) is 1.67. The Labute approximate surface area is 173 Å². The molecule has 3 rings (SSSR count). The van der Waals surface area contributed by atoms with Crippen LogP contribution in [0.25, 0.3) is 10.8 Å². The normalized spacial score (nSPS) is 19.0. The van der Waals surface area contributed by atoms with Crippen LogP contribution in [0.3, 0.4) is 0 Å². The van der Waals surface area contributed by atoms with Gasteiger partial charge in [0.25, 0.3) is 0 Å². The molecule has 0 saturated heterocycles. The fourth-order valence-electron chi connectivity index (χ4n) is 4.15. The molecule has 0 heterocycles. The first-order valence-corrected chi connectivity index (χ1v) is 10.5. The Kier molecular flexibility index (Phi) is 7.47. The van der Waals surface area contributed by atoms with Gasteiger partial charge in [-0.3, -0.25) is 4.79 Å². The summed E-state index contributed by atoms with van der Waals surface area (Å²) in [5.41, 5.74) is 1.04. The molecule has 156 valence electrons. The van der Waals surface area contributed by atoms with Crippen LogP contribution in [0.1, 0.15) is 31.2 Å². The first-order chi connectivity index (χ1) is 14.1. The van der Waals surface area contributed by atoms with Crippen molar-refractivity contribution in [3.63, 3.8) is 0 Å². The molecule has 29 heavy (non-hydrogen) atoms. The van der Waals surface area contributed by atoms with Crippen LogP contribution in [0.2, 0.25) is 0 Å². The Morgan fingerprint density at radius 2 is 1.72 bits per heavy atom. The van der Waals surface area contributed by atoms with E-state index < -0.39 is 0 Å². The first-order valence-electron chi connectivity index (χ1n) is 10.5. The van der Waals surface area contributed by atoms with Gasteiger partial charge in [-0.15, -0.1) is 0 Å². The zero-order valence-electron chi connectivity index (χ0n) is 17.4. The molecule has 2 aromatic carbocycles. The lowest BCUT2D eigenvalue weighted by molar-refractivity contribution is -0.126. The van der Waals surface area contributed by atoms with Crippen LogP contribution >= 0.6 is 0 Å². The third kappa shape index (κ3) is 5.70. The molecule has 0 radical (unpaired) electrons. The van der Waals surface area contributed by atoms with E-state index in [-0.39, 0.29) is 24.5 Å². The van der Waals surface area contributed by atoms with Crippen molar-refractivity contribution in [2.75, 3.05) is 27.3 Å². The van der Waals surface area contributed by atoms with E-state index >= 15 is 0 Å². The Hall–Kier alpha value is -2.60. The predicted octanol–water partition coefficient (Wildman–Crippen LogP) is 3.08. The monoisotopic (exact) mass is 396 g/mol. The van der Waals surface area contributed by atoms with E-state index in [1.54, 1.807) is 11.9 Å². The number of nitrogens with zero attached hydrogens (tertiary/aromatic N) is 1. The zero-order valence-corrected chi connectivity index (χ0v) is 17.4. The summed E-state index contributed by atoms with van der Waals surface area (Å²) in [6, 6.07) is 14.1. The van der Waals surface area contributed by atoms with Gasteiger partial charge in [0.2, 0.25) is 5.91 Å². The number of fused-ring (bicyclic) bond motifs is 1. The van der Waals surface area contributed by atoms with Gasteiger partial charge in [0, 0.05) is 19.5 Å². The predicted molar refractivity (Wildman–Crippen MR) is 116 cm³/mol. The number of carbonyl (C=O) groups excluding carboxylic acids is 2. The Balaban J connectivity index is 1.57. The number of carbonyl (C=O) groups is 2.